The molecule has 0 aliphatic rings. The van der Waals surface area contributed by atoms with Crippen LogP contribution in [0, 0.1) is 10.1 Å². The standard InChI is InChI=1S/C13H18ClN3O4/c1-8(2)16-13(3,12(15)18)7-21-11-6-9(17(19)20)4-5-10(11)14/h4-6,8,16H,7H2,1-3H3,(H2,15,18). The van der Waals surface area contributed by atoms with Crippen LogP contribution >= 0.6 is 11.6 Å². The number of nitro groups is 1. The van der Waals surface area contributed by atoms with E-state index >= 15 is 0 Å². The first kappa shape index (κ1) is 17.2. The van der Waals surface area contributed by atoms with Crippen molar-refractivity contribution >= 4 is 23.2 Å². The Bertz CT molecular complexity index is 550. The van der Waals surface area contributed by atoms with E-state index in [1.165, 1.54) is 18.2 Å². The van der Waals surface area contributed by atoms with Crippen LogP contribution in [0.25, 0.3) is 0 Å². The van der Waals surface area contributed by atoms with Gasteiger partial charge in [0.15, 0.2) is 0 Å². The summed E-state index contributed by atoms with van der Waals surface area (Å²) in [7, 11) is 0. The SMILES string of the molecule is CC(C)NC(C)(COc1cc([N+](=O)[O-])ccc1Cl)C(N)=O. The Kier molecular flexibility index (Phi) is 5.51. The highest BCUT2D eigenvalue weighted by Gasteiger charge is 2.33. The molecule has 21 heavy (non-hydrogen) atoms. The van der Waals surface area contributed by atoms with Crippen LogP contribution in [0.2, 0.25) is 5.02 Å². The highest BCUT2D eigenvalue weighted by Crippen LogP contribution is 2.29. The van der Waals surface area contributed by atoms with Gasteiger partial charge in [-0.05, 0) is 26.8 Å². The molecule has 0 aliphatic carbocycles. The fourth-order valence-electron chi connectivity index (χ4n) is 1.76. The van der Waals surface area contributed by atoms with Gasteiger partial charge in [0.1, 0.15) is 17.9 Å². The molecule has 1 atom stereocenters. The lowest BCUT2D eigenvalue weighted by Crippen LogP contribution is -2.59. The maximum absolute atomic E-state index is 11.6. The van der Waals surface area contributed by atoms with Crippen LogP contribution in [-0.2, 0) is 4.79 Å². The molecule has 0 spiro atoms. The zero-order chi connectivity index (χ0) is 16.2. The molecule has 1 aromatic carbocycles. The van der Waals surface area contributed by atoms with Crippen molar-refractivity contribution in [1.29, 1.82) is 0 Å². The molecular weight excluding hydrogens is 298 g/mol. The molecule has 7 nitrogen and oxygen atoms in total. The minimum atomic E-state index is -1.11. The van der Waals surface area contributed by atoms with E-state index in [0.717, 1.165) is 0 Å². The number of hydrogen-bond acceptors (Lipinski definition) is 5. The molecule has 0 saturated heterocycles. The average Bonchev–Trinajstić information content (AvgIpc) is 2.36. The predicted molar refractivity (Wildman–Crippen MR) is 79.5 cm³/mol. The van der Waals surface area contributed by atoms with Gasteiger partial charge in [0, 0.05) is 12.1 Å². The molecule has 1 unspecified atom stereocenters. The van der Waals surface area contributed by atoms with Crippen LogP contribution in [-0.4, -0.2) is 29.0 Å². The summed E-state index contributed by atoms with van der Waals surface area (Å²) in [6.07, 6.45) is 0. The number of nitrogens with zero attached hydrogens (tertiary/aromatic N) is 1. The Morgan fingerprint density at radius 2 is 2.19 bits per heavy atom. The number of benzene rings is 1. The number of nitrogens with one attached hydrogen (secondary N) is 1. The van der Waals surface area contributed by atoms with Gasteiger partial charge in [0.2, 0.25) is 5.91 Å². The number of nitrogens with two attached hydrogens (primary N) is 1. The molecule has 0 aliphatic heterocycles. The van der Waals surface area contributed by atoms with Crippen molar-refractivity contribution < 1.29 is 14.5 Å². The van der Waals surface area contributed by atoms with Gasteiger partial charge in [-0.15, -0.1) is 0 Å². The Labute approximate surface area is 127 Å². The number of rotatable bonds is 7. The highest BCUT2D eigenvalue weighted by atomic mass is 35.5. The first-order valence-corrected chi connectivity index (χ1v) is 6.68. The molecule has 1 rings (SSSR count). The molecule has 0 bridgehead atoms. The number of ether oxygens (including phenoxy) is 1. The predicted octanol–water partition coefficient (Wildman–Crippen LogP) is 1.87. The molecule has 0 aromatic heterocycles. The van der Waals surface area contributed by atoms with Crippen molar-refractivity contribution in [2.24, 2.45) is 5.73 Å². The summed E-state index contributed by atoms with van der Waals surface area (Å²) in [5.41, 5.74) is 4.12. The molecular formula is C13H18ClN3O4. The third kappa shape index (κ3) is 4.57. The fourth-order valence-corrected chi connectivity index (χ4v) is 1.93. The Balaban J connectivity index is 2.92. The summed E-state index contributed by atoms with van der Waals surface area (Å²) < 4.78 is 5.46. The highest BCUT2D eigenvalue weighted by molar-refractivity contribution is 6.32. The zero-order valence-corrected chi connectivity index (χ0v) is 12.8. The number of non-ortho nitro benzene ring substituents is 1. The lowest BCUT2D eigenvalue weighted by atomic mass is 10.0. The molecule has 0 saturated carbocycles. The summed E-state index contributed by atoms with van der Waals surface area (Å²) in [6, 6.07) is 3.85. The summed E-state index contributed by atoms with van der Waals surface area (Å²) in [5, 5.41) is 14.0. The van der Waals surface area contributed by atoms with Gasteiger partial charge in [-0.3, -0.25) is 20.2 Å². The van der Waals surface area contributed by atoms with Gasteiger partial charge in [0.05, 0.1) is 16.0 Å². The number of nitro benzene ring substituents is 1. The quantitative estimate of drug-likeness (QED) is 0.590. The number of amides is 1. The fraction of sp³-hybridized carbons (Fsp3) is 0.462. The minimum Gasteiger partial charge on any atom is -0.489 e. The molecule has 0 radical (unpaired) electrons. The van der Waals surface area contributed by atoms with Crippen molar-refractivity contribution in [2.75, 3.05) is 6.61 Å². The van der Waals surface area contributed by atoms with E-state index in [-0.39, 0.29) is 29.1 Å². The number of halogens is 1. The van der Waals surface area contributed by atoms with Gasteiger partial charge in [0.25, 0.3) is 5.69 Å². The smallest absolute Gasteiger partial charge is 0.273 e. The summed E-state index contributed by atoms with van der Waals surface area (Å²) >= 11 is 5.93. The zero-order valence-electron chi connectivity index (χ0n) is 12.1. The monoisotopic (exact) mass is 315 g/mol. The second-order valence-corrected chi connectivity index (χ2v) is 5.56. The largest absolute Gasteiger partial charge is 0.489 e. The second kappa shape index (κ2) is 6.73. The van der Waals surface area contributed by atoms with Crippen molar-refractivity contribution in [1.82, 2.24) is 5.32 Å². The number of primary amides is 1. The Hall–Kier alpha value is -1.86. The van der Waals surface area contributed by atoms with Crippen LogP contribution in [0.1, 0.15) is 20.8 Å². The van der Waals surface area contributed by atoms with E-state index in [9.17, 15) is 14.9 Å². The van der Waals surface area contributed by atoms with Crippen LogP contribution < -0.4 is 15.8 Å². The van der Waals surface area contributed by atoms with Crippen LogP contribution in [0.15, 0.2) is 18.2 Å². The van der Waals surface area contributed by atoms with Gasteiger partial charge in [-0.2, -0.15) is 0 Å². The molecule has 116 valence electrons. The van der Waals surface area contributed by atoms with E-state index in [4.69, 9.17) is 22.1 Å². The average molecular weight is 316 g/mol. The van der Waals surface area contributed by atoms with E-state index < -0.39 is 16.4 Å². The Morgan fingerprint density at radius 1 is 1.57 bits per heavy atom. The molecule has 3 N–H and O–H groups in total. The van der Waals surface area contributed by atoms with Gasteiger partial charge in [-0.1, -0.05) is 11.6 Å². The molecule has 8 heteroatoms. The topological polar surface area (TPSA) is 107 Å². The van der Waals surface area contributed by atoms with Crippen molar-refractivity contribution in [3.63, 3.8) is 0 Å². The maximum Gasteiger partial charge on any atom is 0.273 e. The van der Waals surface area contributed by atoms with Gasteiger partial charge < -0.3 is 10.5 Å². The summed E-state index contributed by atoms with van der Waals surface area (Å²) in [5.74, 6) is -0.457. The lowest BCUT2D eigenvalue weighted by Gasteiger charge is -2.29. The number of carbonyl (C=O) groups is 1. The van der Waals surface area contributed by atoms with Crippen LogP contribution in [0.4, 0.5) is 5.69 Å². The first-order chi connectivity index (χ1) is 9.65. The molecule has 1 aromatic rings. The molecule has 1 amide bonds. The van der Waals surface area contributed by atoms with Crippen molar-refractivity contribution in [2.45, 2.75) is 32.4 Å². The molecule has 0 heterocycles. The van der Waals surface area contributed by atoms with Crippen LogP contribution in [0.3, 0.4) is 0 Å². The minimum absolute atomic E-state index is 0.00619. The normalized spacial score (nSPS) is 13.8. The first-order valence-electron chi connectivity index (χ1n) is 6.30. The van der Waals surface area contributed by atoms with Crippen molar-refractivity contribution in [3.8, 4) is 5.75 Å². The second-order valence-electron chi connectivity index (χ2n) is 5.16. The van der Waals surface area contributed by atoms with E-state index in [0.29, 0.717) is 0 Å². The third-order valence-electron chi connectivity index (χ3n) is 2.79. The van der Waals surface area contributed by atoms with Gasteiger partial charge >= 0.3 is 0 Å². The summed E-state index contributed by atoms with van der Waals surface area (Å²) in [6.45, 7) is 5.23. The Morgan fingerprint density at radius 3 is 2.67 bits per heavy atom. The lowest BCUT2D eigenvalue weighted by molar-refractivity contribution is -0.384. The van der Waals surface area contributed by atoms with Gasteiger partial charge in [-0.25, -0.2) is 0 Å². The third-order valence-corrected chi connectivity index (χ3v) is 3.11. The summed E-state index contributed by atoms with van der Waals surface area (Å²) in [4.78, 5) is 21.8. The van der Waals surface area contributed by atoms with E-state index in [1.807, 2.05) is 13.8 Å². The molecule has 0 fully saturated rings. The maximum atomic E-state index is 11.6. The number of hydrogen-bond donors (Lipinski definition) is 2. The van der Waals surface area contributed by atoms with E-state index in [2.05, 4.69) is 5.32 Å². The van der Waals surface area contributed by atoms with Crippen LogP contribution in [0.5, 0.6) is 5.75 Å². The number of carbonyl (C=O) groups excluding carboxylic acids is 1. The van der Waals surface area contributed by atoms with E-state index in [1.54, 1.807) is 6.92 Å². The van der Waals surface area contributed by atoms with Crippen molar-refractivity contribution in [3.05, 3.63) is 33.3 Å².